The van der Waals surface area contributed by atoms with Crippen LogP contribution in [0, 0.1) is 20.8 Å². The van der Waals surface area contributed by atoms with Gasteiger partial charge in [0.25, 0.3) is 0 Å². The number of carbonyl (C=O) groups excluding carboxylic acids is 2. The van der Waals surface area contributed by atoms with Crippen molar-refractivity contribution < 1.29 is 14.3 Å². The number of aromatic nitrogens is 2. The highest BCUT2D eigenvalue weighted by molar-refractivity contribution is 7.12. The smallest absolute Gasteiger partial charge is 0.339 e. The van der Waals surface area contributed by atoms with E-state index in [1.54, 1.807) is 0 Å². The summed E-state index contributed by atoms with van der Waals surface area (Å²) in [6, 6.07) is 0. The minimum Gasteiger partial charge on any atom is -0.465 e. The molecule has 0 fully saturated rings. The van der Waals surface area contributed by atoms with Crippen molar-refractivity contribution in [2.75, 3.05) is 7.11 Å². The standard InChI is InChI=1S/C14H17N3O3S/c1-6-11(14(19)20-4)7(2)16-12(6)13-8(3)21-10(17-13)5-9(15)18/h16H,5H2,1-4H3,(H2,15,18). The van der Waals surface area contributed by atoms with E-state index in [1.165, 1.54) is 18.4 Å². The molecular weight excluding hydrogens is 290 g/mol. The fourth-order valence-electron chi connectivity index (χ4n) is 2.30. The van der Waals surface area contributed by atoms with Gasteiger partial charge in [0.2, 0.25) is 5.91 Å². The predicted molar refractivity (Wildman–Crippen MR) is 80.3 cm³/mol. The second-order valence-electron chi connectivity index (χ2n) is 4.77. The van der Waals surface area contributed by atoms with Crippen molar-refractivity contribution in [3.05, 3.63) is 26.7 Å². The molecule has 6 nitrogen and oxygen atoms in total. The Kier molecular flexibility index (Phi) is 4.13. The van der Waals surface area contributed by atoms with Gasteiger partial charge in [0.1, 0.15) is 10.7 Å². The van der Waals surface area contributed by atoms with Crippen molar-refractivity contribution in [1.29, 1.82) is 0 Å². The number of esters is 1. The van der Waals surface area contributed by atoms with Crippen LogP contribution in [0.4, 0.5) is 0 Å². The Morgan fingerprint density at radius 2 is 2.00 bits per heavy atom. The van der Waals surface area contributed by atoms with Gasteiger partial charge in [-0.3, -0.25) is 4.79 Å². The molecule has 7 heteroatoms. The zero-order valence-corrected chi connectivity index (χ0v) is 13.2. The molecule has 21 heavy (non-hydrogen) atoms. The van der Waals surface area contributed by atoms with E-state index in [4.69, 9.17) is 10.5 Å². The second-order valence-corrected chi connectivity index (χ2v) is 6.06. The van der Waals surface area contributed by atoms with Crippen LogP contribution in [0.15, 0.2) is 0 Å². The number of aryl methyl sites for hydroxylation is 2. The van der Waals surface area contributed by atoms with Gasteiger partial charge < -0.3 is 15.5 Å². The summed E-state index contributed by atoms with van der Waals surface area (Å²) in [5.74, 6) is -0.789. The van der Waals surface area contributed by atoms with E-state index in [0.717, 1.165) is 27.5 Å². The van der Waals surface area contributed by atoms with E-state index >= 15 is 0 Å². The van der Waals surface area contributed by atoms with Crippen molar-refractivity contribution in [2.45, 2.75) is 27.2 Å². The maximum Gasteiger partial charge on any atom is 0.339 e. The number of rotatable bonds is 4. The zero-order valence-electron chi connectivity index (χ0n) is 12.4. The number of thiazole rings is 1. The fourth-order valence-corrected chi connectivity index (χ4v) is 3.25. The molecule has 2 rings (SSSR count). The molecule has 2 heterocycles. The van der Waals surface area contributed by atoms with Gasteiger partial charge in [0.05, 0.1) is 24.8 Å². The number of nitrogens with zero attached hydrogens (tertiary/aromatic N) is 1. The molecule has 0 aliphatic heterocycles. The molecule has 0 radical (unpaired) electrons. The van der Waals surface area contributed by atoms with Crippen molar-refractivity contribution in [2.24, 2.45) is 5.73 Å². The number of ether oxygens (including phenoxy) is 1. The fraction of sp³-hybridized carbons (Fsp3) is 0.357. The molecule has 0 aliphatic rings. The highest BCUT2D eigenvalue weighted by atomic mass is 32.1. The molecule has 0 unspecified atom stereocenters. The SMILES string of the molecule is COC(=O)c1c(C)[nH]c(-c2nc(CC(N)=O)sc2C)c1C. The number of amides is 1. The third kappa shape index (κ3) is 2.82. The van der Waals surface area contributed by atoms with Crippen LogP contribution in [-0.4, -0.2) is 29.0 Å². The largest absolute Gasteiger partial charge is 0.465 e. The quantitative estimate of drug-likeness (QED) is 0.842. The third-order valence-electron chi connectivity index (χ3n) is 3.23. The summed E-state index contributed by atoms with van der Waals surface area (Å²) in [7, 11) is 1.35. The lowest BCUT2D eigenvalue weighted by atomic mass is 10.1. The van der Waals surface area contributed by atoms with Crippen molar-refractivity contribution in [1.82, 2.24) is 9.97 Å². The number of primary amides is 1. The van der Waals surface area contributed by atoms with Gasteiger partial charge in [-0.25, -0.2) is 9.78 Å². The van der Waals surface area contributed by atoms with E-state index in [9.17, 15) is 9.59 Å². The molecule has 2 aromatic heterocycles. The first-order chi connectivity index (χ1) is 9.85. The van der Waals surface area contributed by atoms with Gasteiger partial charge in [-0.2, -0.15) is 0 Å². The molecule has 0 aromatic carbocycles. The lowest BCUT2D eigenvalue weighted by molar-refractivity contribution is -0.117. The van der Waals surface area contributed by atoms with Crippen molar-refractivity contribution in [3.63, 3.8) is 0 Å². The molecule has 0 spiro atoms. The lowest BCUT2D eigenvalue weighted by Crippen LogP contribution is -2.13. The monoisotopic (exact) mass is 307 g/mol. The number of hydrogen-bond acceptors (Lipinski definition) is 5. The third-order valence-corrected chi connectivity index (χ3v) is 4.20. The molecule has 1 amide bonds. The highest BCUT2D eigenvalue weighted by Crippen LogP contribution is 2.32. The van der Waals surface area contributed by atoms with E-state index in [0.29, 0.717) is 10.6 Å². The van der Waals surface area contributed by atoms with Crippen LogP contribution >= 0.6 is 11.3 Å². The number of hydrogen-bond donors (Lipinski definition) is 2. The average molecular weight is 307 g/mol. The second kappa shape index (κ2) is 5.69. The topological polar surface area (TPSA) is 98.1 Å². The number of methoxy groups -OCH3 is 1. The molecule has 0 saturated heterocycles. The number of nitrogens with one attached hydrogen (secondary N) is 1. The molecule has 0 bridgehead atoms. The van der Waals surface area contributed by atoms with Crippen LogP contribution in [0.1, 0.15) is 31.5 Å². The number of aromatic amines is 1. The number of nitrogens with two attached hydrogens (primary N) is 1. The molecule has 0 atom stereocenters. The van der Waals surface area contributed by atoms with Gasteiger partial charge in [0, 0.05) is 10.6 Å². The molecular formula is C14H17N3O3S. The molecule has 112 valence electrons. The van der Waals surface area contributed by atoms with Crippen molar-refractivity contribution in [3.8, 4) is 11.4 Å². The van der Waals surface area contributed by atoms with Gasteiger partial charge in [-0.15, -0.1) is 11.3 Å². The summed E-state index contributed by atoms with van der Waals surface area (Å²) in [5.41, 5.74) is 8.76. The van der Waals surface area contributed by atoms with Gasteiger partial charge in [-0.1, -0.05) is 0 Å². The average Bonchev–Trinajstić information content (AvgIpc) is 2.88. The Morgan fingerprint density at radius 1 is 1.33 bits per heavy atom. The maximum absolute atomic E-state index is 11.8. The van der Waals surface area contributed by atoms with Crippen LogP contribution < -0.4 is 5.73 Å². The lowest BCUT2D eigenvalue weighted by Gasteiger charge is -2.00. The van der Waals surface area contributed by atoms with Gasteiger partial charge >= 0.3 is 5.97 Å². The number of carbonyl (C=O) groups is 2. The van der Waals surface area contributed by atoms with Crippen LogP contribution in [0.3, 0.4) is 0 Å². The summed E-state index contributed by atoms with van der Waals surface area (Å²) < 4.78 is 4.80. The zero-order chi connectivity index (χ0) is 15.7. The normalized spacial score (nSPS) is 10.7. The van der Waals surface area contributed by atoms with E-state index in [1.807, 2.05) is 20.8 Å². The first kappa shape index (κ1) is 15.2. The number of H-pyrrole nitrogens is 1. The van der Waals surface area contributed by atoms with Crippen LogP contribution in [0.25, 0.3) is 11.4 Å². The van der Waals surface area contributed by atoms with Crippen molar-refractivity contribution >= 4 is 23.2 Å². The van der Waals surface area contributed by atoms with Gasteiger partial charge in [0.15, 0.2) is 0 Å². The molecule has 0 aliphatic carbocycles. The predicted octanol–water partition coefficient (Wildman–Crippen LogP) is 1.88. The summed E-state index contributed by atoms with van der Waals surface area (Å²) in [6.07, 6.45) is 0.119. The van der Waals surface area contributed by atoms with Crippen LogP contribution in [0.2, 0.25) is 0 Å². The maximum atomic E-state index is 11.8. The summed E-state index contributed by atoms with van der Waals surface area (Å²) >= 11 is 1.43. The molecule has 3 N–H and O–H groups in total. The highest BCUT2D eigenvalue weighted by Gasteiger charge is 2.22. The molecule has 2 aromatic rings. The van der Waals surface area contributed by atoms with E-state index in [2.05, 4.69) is 9.97 Å². The van der Waals surface area contributed by atoms with Gasteiger partial charge in [-0.05, 0) is 26.3 Å². The van der Waals surface area contributed by atoms with E-state index in [-0.39, 0.29) is 12.4 Å². The van der Waals surface area contributed by atoms with E-state index < -0.39 is 5.91 Å². The van der Waals surface area contributed by atoms with Crippen LogP contribution in [0.5, 0.6) is 0 Å². The Bertz CT molecular complexity index is 715. The minimum absolute atomic E-state index is 0.119. The Labute approximate surface area is 126 Å². The Hall–Kier alpha value is -2.15. The summed E-state index contributed by atoms with van der Waals surface area (Å²) in [6.45, 7) is 5.58. The molecule has 0 saturated carbocycles. The Morgan fingerprint density at radius 3 is 2.57 bits per heavy atom. The first-order valence-electron chi connectivity index (χ1n) is 6.37. The van der Waals surface area contributed by atoms with Crippen LogP contribution in [-0.2, 0) is 16.0 Å². The summed E-state index contributed by atoms with van der Waals surface area (Å²) in [4.78, 5) is 31.4. The summed E-state index contributed by atoms with van der Waals surface area (Å²) in [5, 5.41) is 0.668. The minimum atomic E-state index is -0.412. The Balaban J connectivity index is 2.50. The first-order valence-corrected chi connectivity index (χ1v) is 7.19.